The van der Waals surface area contributed by atoms with E-state index in [1.807, 2.05) is 12.1 Å². The number of hydrogen-bond acceptors (Lipinski definition) is 3. The van der Waals surface area contributed by atoms with Crippen LogP contribution in [0.25, 0.3) is 0 Å². The van der Waals surface area contributed by atoms with Gasteiger partial charge in [0, 0.05) is 5.92 Å². The van der Waals surface area contributed by atoms with Crippen molar-refractivity contribution in [2.24, 2.45) is 5.92 Å². The first-order valence-corrected chi connectivity index (χ1v) is 8.78. The first kappa shape index (κ1) is 14.5. The van der Waals surface area contributed by atoms with Gasteiger partial charge in [0.25, 0.3) is 0 Å². The standard InChI is InChI=1S/C19H15Cl2NO2/c20-14-6-5-13-11-2-1-3-12(11)18(22-19(13)17(14)21)10-4-7-15-16(8-10)24-9-23-15/h1-2,4-8,11-12,18,22H,3,9H2. The molecular formula is C19H15Cl2NO2. The molecular weight excluding hydrogens is 345 g/mol. The summed E-state index contributed by atoms with van der Waals surface area (Å²) in [6, 6.07) is 10.3. The quantitative estimate of drug-likeness (QED) is 0.677. The zero-order valence-corrected chi connectivity index (χ0v) is 14.3. The van der Waals surface area contributed by atoms with Gasteiger partial charge in [-0.3, -0.25) is 0 Å². The van der Waals surface area contributed by atoms with E-state index in [1.54, 1.807) is 0 Å². The molecule has 2 heterocycles. The molecule has 2 aromatic carbocycles. The largest absolute Gasteiger partial charge is 0.454 e. The van der Waals surface area contributed by atoms with Crippen molar-refractivity contribution < 1.29 is 9.47 Å². The molecule has 0 spiro atoms. The molecule has 5 rings (SSSR count). The lowest BCUT2D eigenvalue weighted by Gasteiger charge is -2.38. The Morgan fingerprint density at radius 2 is 1.92 bits per heavy atom. The van der Waals surface area contributed by atoms with Gasteiger partial charge in [0.05, 0.1) is 21.8 Å². The van der Waals surface area contributed by atoms with Crippen LogP contribution < -0.4 is 14.8 Å². The van der Waals surface area contributed by atoms with Gasteiger partial charge in [-0.2, -0.15) is 0 Å². The third-order valence-electron chi connectivity index (χ3n) is 5.18. The monoisotopic (exact) mass is 359 g/mol. The fourth-order valence-corrected chi connectivity index (χ4v) is 4.42. The molecule has 3 atom stereocenters. The van der Waals surface area contributed by atoms with Crippen molar-refractivity contribution in [3.63, 3.8) is 0 Å². The van der Waals surface area contributed by atoms with Gasteiger partial charge in [-0.05, 0) is 41.7 Å². The van der Waals surface area contributed by atoms with E-state index < -0.39 is 0 Å². The number of allylic oxidation sites excluding steroid dienone is 2. The second-order valence-corrected chi connectivity index (χ2v) is 7.20. The Morgan fingerprint density at radius 1 is 1.04 bits per heavy atom. The summed E-state index contributed by atoms with van der Waals surface area (Å²) in [5, 5.41) is 4.80. The van der Waals surface area contributed by atoms with Gasteiger partial charge >= 0.3 is 0 Å². The summed E-state index contributed by atoms with van der Waals surface area (Å²) in [4.78, 5) is 0. The van der Waals surface area contributed by atoms with Crippen LogP contribution >= 0.6 is 23.2 Å². The number of benzene rings is 2. The number of rotatable bonds is 1. The fourth-order valence-electron chi connectivity index (χ4n) is 4.04. The maximum absolute atomic E-state index is 6.48. The molecule has 24 heavy (non-hydrogen) atoms. The summed E-state index contributed by atoms with van der Waals surface area (Å²) in [5.41, 5.74) is 3.35. The molecule has 0 fully saturated rings. The molecule has 0 saturated carbocycles. The Bertz CT molecular complexity index is 865. The fraction of sp³-hybridized carbons (Fsp3) is 0.263. The van der Waals surface area contributed by atoms with Gasteiger partial charge in [0.1, 0.15) is 0 Å². The van der Waals surface area contributed by atoms with Crippen LogP contribution in [-0.2, 0) is 0 Å². The van der Waals surface area contributed by atoms with Crippen molar-refractivity contribution in [2.45, 2.75) is 18.4 Å². The highest BCUT2D eigenvalue weighted by Crippen LogP contribution is 2.53. The van der Waals surface area contributed by atoms with Crippen LogP contribution in [0.15, 0.2) is 42.5 Å². The second-order valence-electron chi connectivity index (χ2n) is 6.41. The summed E-state index contributed by atoms with van der Waals surface area (Å²) >= 11 is 12.7. The predicted molar refractivity (Wildman–Crippen MR) is 95.4 cm³/mol. The third-order valence-corrected chi connectivity index (χ3v) is 5.99. The zero-order valence-electron chi connectivity index (χ0n) is 12.8. The minimum Gasteiger partial charge on any atom is -0.454 e. The average molecular weight is 360 g/mol. The van der Waals surface area contributed by atoms with Crippen molar-refractivity contribution >= 4 is 28.9 Å². The molecule has 1 aliphatic carbocycles. The molecule has 0 radical (unpaired) electrons. The number of hydrogen-bond donors (Lipinski definition) is 1. The molecule has 3 unspecified atom stereocenters. The van der Waals surface area contributed by atoms with E-state index in [4.69, 9.17) is 32.7 Å². The first-order valence-electron chi connectivity index (χ1n) is 8.03. The molecule has 0 saturated heterocycles. The molecule has 122 valence electrons. The van der Waals surface area contributed by atoms with E-state index in [9.17, 15) is 0 Å². The van der Waals surface area contributed by atoms with Crippen LogP contribution in [0, 0.1) is 5.92 Å². The van der Waals surface area contributed by atoms with Crippen LogP contribution in [0.1, 0.15) is 29.5 Å². The van der Waals surface area contributed by atoms with Crippen LogP contribution in [0.2, 0.25) is 10.0 Å². The van der Waals surface area contributed by atoms with Gasteiger partial charge in [-0.25, -0.2) is 0 Å². The molecule has 2 aliphatic heterocycles. The lowest BCUT2D eigenvalue weighted by atomic mass is 9.77. The van der Waals surface area contributed by atoms with E-state index in [0.29, 0.717) is 21.9 Å². The summed E-state index contributed by atoms with van der Waals surface area (Å²) in [6.45, 7) is 0.286. The highest BCUT2D eigenvalue weighted by Gasteiger charge is 2.39. The van der Waals surface area contributed by atoms with Crippen molar-refractivity contribution in [3.05, 3.63) is 63.7 Å². The first-order chi connectivity index (χ1) is 11.7. The SMILES string of the molecule is Clc1ccc2c(c1Cl)NC(c1ccc3c(c1)OCO3)C1CC=CC21. The maximum atomic E-state index is 6.48. The Balaban J connectivity index is 1.61. The molecule has 0 aromatic heterocycles. The van der Waals surface area contributed by atoms with Crippen molar-refractivity contribution in [1.82, 2.24) is 0 Å². The molecule has 0 amide bonds. The maximum Gasteiger partial charge on any atom is 0.231 e. The summed E-state index contributed by atoms with van der Waals surface area (Å²) in [7, 11) is 0. The predicted octanol–water partition coefficient (Wildman–Crippen LogP) is 5.55. The van der Waals surface area contributed by atoms with Crippen LogP contribution in [0.4, 0.5) is 5.69 Å². The van der Waals surface area contributed by atoms with Crippen molar-refractivity contribution in [3.8, 4) is 11.5 Å². The number of nitrogens with one attached hydrogen (secondary N) is 1. The number of ether oxygens (including phenoxy) is 2. The van der Waals surface area contributed by atoms with E-state index in [1.165, 1.54) is 11.1 Å². The highest BCUT2D eigenvalue weighted by molar-refractivity contribution is 6.43. The number of anilines is 1. The molecule has 3 nitrogen and oxygen atoms in total. The Labute approximate surface area is 150 Å². The lowest BCUT2D eigenvalue weighted by Crippen LogP contribution is -2.29. The Kier molecular flexibility index (Phi) is 3.22. The highest BCUT2D eigenvalue weighted by atomic mass is 35.5. The van der Waals surface area contributed by atoms with Gasteiger partial charge in [-0.15, -0.1) is 0 Å². The van der Waals surface area contributed by atoms with Crippen molar-refractivity contribution in [2.75, 3.05) is 12.1 Å². The molecule has 2 aromatic rings. The Hall–Kier alpha value is -1.84. The summed E-state index contributed by atoms with van der Waals surface area (Å²) in [5.74, 6) is 2.42. The van der Waals surface area contributed by atoms with Crippen LogP contribution in [0.5, 0.6) is 11.5 Å². The van der Waals surface area contributed by atoms with Crippen molar-refractivity contribution in [1.29, 1.82) is 0 Å². The molecule has 3 aliphatic rings. The van der Waals surface area contributed by atoms with Gasteiger partial charge in [0.15, 0.2) is 11.5 Å². The average Bonchev–Trinajstić information content (AvgIpc) is 3.25. The van der Waals surface area contributed by atoms with Crippen LogP contribution in [0.3, 0.4) is 0 Å². The van der Waals surface area contributed by atoms with Crippen LogP contribution in [-0.4, -0.2) is 6.79 Å². The lowest BCUT2D eigenvalue weighted by molar-refractivity contribution is 0.174. The third kappa shape index (κ3) is 2.04. The second kappa shape index (κ2) is 5.33. The van der Waals surface area contributed by atoms with Gasteiger partial charge in [0.2, 0.25) is 6.79 Å². The van der Waals surface area contributed by atoms with E-state index >= 15 is 0 Å². The van der Waals surface area contributed by atoms with E-state index in [2.05, 4.69) is 35.7 Å². The number of fused-ring (bicyclic) bond motifs is 4. The molecule has 5 heteroatoms. The van der Waals surface area contributed by atoms with Gasteiger partial charge < -0.3 is 14.8 Å². The topological polar surface area (TPSA) is 30.5 Å². The van der Waals surface area contributed by atoms with E-state index in [-0.39, 0.29) is 12.8 Å². The smallest absolute Gasteiger partial charge is 0.231 e. The summed E-state index contributed by atoms with van der Waals surface area (Å²) < 4.78 is 11.0. The normalized spacial score (nSPS) is 26.0. The molecule has 1 N–H and O–H groups in total. The zero-order chi connectivity index (χ0) is 16.3. The summed E-state index contributed by atoms with van der Waals surface area (Å²) in [6.07, 6.45) is 5.58. The molecule has 0 bridgehead atoms. The minimum atomic E-state index is 0.156. The Morgan fingerprint density at radius 3 is 2.83 bits per heavy atom. The minimum absolute atomic E-state index is 0.156. The van der Waals surface area contributed by atoms with E-state index in [0.717, 1.165) is 23.6 Å². The number of halogens is 2. The van der Waals surface area contributed by atoms with Gasteiger partial charge in [-0.1, -0.05) is 47.5 Å².